The molecule has 11 heteroatoms. The minimum atomic E-state index is -4.21. The van der Waals surface area contributed by atoms with E-state index >= 15 is 0 Å². The molecule has 0 aromatic heterocycles. The van der Waals surface area contributed by atoms with Crippen LogP contribution in [0, 0.1) is 0 Å². The van der Waals surface area contributed by atoms with Gasteiger partial charge in [0.05, 0.1) is 17.2 Å². The fourth-order valence-corrected chi connectivity index (χ4v) is 7.15. The van der Waals surface area contributed by atoms with Gasteiger partial charge in [-0.2, -0.15) is 0 Å². The molecule has 0 saturated heterocycles. The quantitative estimate of drug-likeness (QED) is 0.121. The van der Waals surface area contributed by atoms with Gasteiger partial charge in [0.15, 0.2) is 0 Å². The van der Waals surface area contributed by atoms with Crippen molar-refractivity contribution in [1.82, 2.24) is 10.2 Å². The first kappa shape index (κ1) is 37.0. The van der Waals surface area contributed by atoms with Crippen LogP contribution in [0.4, 0.5) is 5.69 Å². The number of carbonyl (C=O) groups is 2. The molecule has 0 heterocycles. The molecule has 48 heavy (non-hydrogen) atoms. The zero-order chi connectivity index (χ0) is 34.7. The van der Waals surface area contributed by atoms with Crippen LogP contribution in [0.25, 0.3) is 0 Å². The zero-order valence-corrected chi connectivity index (χ0v) is 30.9. The number of nitrogens with zero attached hydrogens (tertiary/aromatic N) is 2. The van der Waals surface area contributed by atoms with Crippen LogP contribution in [0.3, 0.4) is 0 Å². The van der Waals surface area contributed by atoms with E-state index in [0.717, 1.165) is 24.8 Å². The molecule has 0 spiro atoms. The Morgan fingerprint density at radius 2 is 1.52 bits per heavy atom. The highest BCUT2D eigenvalue weighted by molar-refractivity contribution is 9.10. The molecule has 4 aromatic carbocycles. The van der Waals surface area contributed by atoms with Gasteiger partial charge in [0, 0.05) is 28.4 Å². The maximum atomic E-state index is 14.6. The number of hydrogen-bond donors (Lipinski definition) is 1. The Hall–Kier alpha value is -3.80. The van der Waals surface area contributed by atoms with E-state index < -0.39 is 28.5 Å². The van der Waals surface area contributed by atoms with E-state index in [0.29, 0.717) is 24.5 Å². The molecule has 0 aliphatic rings. The lowest BCUT2D eigenvalue weighted by Crippen LogP contribution is -2.54. The van der Waals surface area contributed by atoms with Crippen molar-refractivity contribution < 1.29 is 22.7 Å². The number of halogens is 1. The first-order chi connectivity index (χ1) is 23.0. The predicted octanol–water partition coefficient (Wildman–Crippen LogP) is 7.32. The van der Waals surface area contributed by atoms with Crippen molar-refractivity contribution in [2.45, 2.75) is 62.0 Å². The molecule has 0 bridgehead atoms. The van der Waals surface area contributed by atoms with E-state index in [2.05, 4.69) is 21.2 Å². The number of benzene rings is 4. The van der Waals surface area contributed by atoms with Gasteiger partial charge < -0.3 is 15.0 Å². The maximum absolute atomic E-state index is 14.6. The molecule has 0 unspecified atom stereocenters. The van der Waals surface area contributed by atoms with Crippen LogP contribution < -0.4 is 14.4 Å². The average molecular weight is 753 g/mol. The molecule has 2 atom stereocenters. The SMILES string of the molecule is CCOc1ccc(N(CC(=O)N(Cc2ccc(Br)cc2)[C@H](Cc2ccccc2)C(=O)N[C@H](C)CC)S(=O)(=O)c2ccc(SC)cc2)cc1. The normalized spacial score (nSPS) is 12.5. The van der Waals surface area contributed by atoms with E-state index in [1.807, 2.05) is 81.6 Å². The monoisotopic (exact) mass is 751 g/mol. The molecular weight excluding hydrogens is 710 g/mol. The lowest BCUT2D eigenvalue weighted by atomic mass is 10.0. The predicted molar refractivity (Wildman–Crippen MR) is 197 cm³/mol. The van der Waals surface area contributed by atoms with Gasteiger partial charge in [-0.1, -0.05) is 65.3 Å². The number of anilines is 1. The molecule has 2 amide bonds. The Morgan fingerprint density at radius 3 is 2.10 bits per heavy atom. The van der Waals surface area contributed by atoms with E-state index in [1.165, 1.54) is 16.7 Å². The summed E-state index contributed by atoms with van der Waals surface area (Å²) in [6.07, 6.45) is 2.87. The van der Waals surface area contributed by atoms with Gasteiger partial charge in [0.25, 0.3) is 10.0 Å². The summed E-state index contributed by atoms with van der Waals surface area (Å²) >= 11 is 4.97. The standard InChI is InChI=1S/C37H42BrN3O5S2/c1-5-27(3)39-37(43)35(24-28-10-8-7-9-11-28)40(25-29-12-14-30(38)15-13-29)36(42)26-41(31-16-18-32(19-17-31)46-6-2)48(44,45)34-22-20-33(47-4)21-23-34/h7-23,27,35H,5-6,24-26H2,1-4H3,(H,39,43)/t27-,35-/m1/s1. The summed E-state index contributed by atoms with van der Waals surface area (Å²) in [6.45, 7) is 5.78. The molecule has 4 rings (SSSR count). The van der Waals surface area contributed by atoms with Crippen LogP contribution in [0.1, 0.15) is 38.3 Å². The molecular formula is C37H42BrN3O5S2. The molecule has 0 radical (unpaired) electrons. The second-order valence-electron chi connectivity index (χ2n) is 11.3. The summed E-state index contributed by atoms with van der Waals surface area (Å²) in [5.74, 6) is -0.242. The first-order valence-corrected chi connectivity index (χ1v) is 19.3. The third-order valence-electron chi connectivity index (χ3n) is 7.90. The third kappa shape index (κ3) is 9.87. The lowest BCUT2D eigenvalue weighted by molar-refractivity contribution is -0.140. The van der Waals surface area contributed by atoms with Crippen LogP contribution in [0.5, 0.6) is 5.75 Å². The number of nitrogens with one attached hydrogen (secondary N) is 1. The third-order valence-corrected chi connectivity index (χ3v) is 11.0. The molecule has 8 nitrogen and oxygen atoms in total. The van der Waals surface area contributed by atoms with Crippen molar-refractivity contribution in [3.05, 3.63) is 119 Å². The number of amides is 2. The summed E-state index contributed by atoms with van der Waals surface area (Å²) in [6, 6.07) is 29.2. The minimum absolute atomic E-state index is 0.0526. The van der Waals surface area contributed by atoms with E-state index in [-0.39, 0.29) is 29.8 Å². The molecule has 254 valence electrons. The maximum Gasteiger partial charge on any atom is 0.264 e. The van der Waals surface area contributed by atoms with Crippen molar-refractivity contribution >= 4 is 55.2 Å². The number of carbonyl (C=O) groups excluding carboxylic acids is 2. The van der Waals surface area contributed by atoms with E-state index in [9.17, 15) is 18.0 Å². The highest BCUT2D eigenvalue weighted by atomic mass is 79.9. The molecule has 0 aliphatic heterocycles. The zero-order valence-electron chi connectivity index (χ0n) is 27.6. The number of thioether (sulfide) groups is 1. The van der Waals surface area contributed by atoms with Gasteiger partial charge in [-0.05, 0) is 98.3 Å². The van der Waals surface area contributed by atoms with Gasteiger partial charge in [-0.3, -0.25) is 13.9 Å². The fraction of sp³-hybridized carbons (Fsp3) is 0.297. The van der Waals surface area contributed by atoms with Gasteiger partial charge in [-0.15, -0.1) is 11.8 Å². The molecule has 0 fully saturated rings. The van der Waals surface area contributed by atoms with Crippen molar-refractivity contribution in [1.29, 1.82) is 0 Å². The Labute approximate surface area is 297 Å². The summed E-state index contributed by atoms with van der Waals surface area (Å²) in [5.41, 5.74) is 1.97. The topological polar surface area (TPSA) is 96.0 Å². The van der Waals surface area contributed by atoms with Crippen molar-refractivity contribution in [3.63, 3.8) is 0 Å². The number of ether oxygens (including phenoxy) is 1. The average Bonchev–Trinajstić information content (AvgIpc) is 3.10. The largest absolute Gasteiger partial charge is 0.494 e. The van der Waals surface area contributed by atoms with Crippen LogP contribution in [0.2, 0.25) is 0 Å². The Bertz CT molecular complexity index is 1740. The van der Waals surface area contributed by atoms with Crippen LogP contribution in [-0.4, -0.2) is 56.6 Å². The highest BCUT2D eigenvalue weighted by Gasteiger charge is 2.35. The molecule has 0 saturated carbocycles. The van der Waals surface area contributed by atoms with Gasteiger partial charge >= 0.3 is 0 Å². The summed E-state index contributed by atoms with van der Waals surface area (Å²) in [5, 5.41) is 3.06. The highest BCUT2D eigenvalue weighted by Crippen LogP contribution is 2.28. The number of sulfonamides is 1. The molecule has 4 aromatic rings. The lowest BCUT2D eigenvalue weighted by Gasteiger charge is -2.34. The van der Waals surface area contributed by atoms with E-state index in [4.69, 9.17) is 4.74 Å². The fourth-order valence-electron chi connectivity index (χ4n) is 5.06. The second kappa shape index (κ2) is 17.6. The second-order valence-corrected chi connectivity index (χ2v) is 14.9. The first-order valence-electron chi connectivity index (χ1n) is 15.8. The minimum Gasteiger partial charge on any atom is -0.494 e. The van der Waals surface area contributed by atoms with E-state index in [1.54, 1.807) is 48.5 Å². The van der Waals surface area contributed by atoms with Gasteiger partial charge in [0.2, 0.25) is 11.8 Å². The summed E-state index contributed by atoms with van der Waals surface area (Å²) in [7, 11) is -4.21. The number of rotatable bonds is 16. The van der Waals surface area contributed by atoms with Crippen LogP contribution in [0.15, 0.2) is 117 Å². The molecule has 0 aliphatic carbocycles. The Morgan fingerprint density at radius 1 is 0.875 bits per heavy atom. The van der Waals surface area contributed by atoms with Crippen LogP contribution in [-0.2, 0) is 32.6 Å². The van der Waals surface area contributed by atoms with Gasteiger partial charge in [0.1, 0.15) is 18.3 Å². The Balaban J connectivity index is 1.80. The number of hydrogen-bond acceptors (Lipinski definition) is 6. The molecule has 1 N–H and O–H groups in total. The summed E-state index contributed by atoms with van der Waals surface area (Å²) in [4.78, 5) is 31.1. The smallest absolute Gasteiger partial charge is 0.264 e. The summed E-state index contributed by atoms with van der Waals surface area (Å²) < 4.78 is 36.2. The van der Waals surface area contributed by atoms with Gasteiger partial charge in [-0.25, -0.2) is 8.42 Å². The van der Waals surface area contributed by atoms with Crippen molar-refractivity contribution in [3.8, 4) is 5.75 Å². The van der Waals surface area contributed by atoms with Crippen molar-refractivity contribution in [2.24, 2.45) is 0 Å². The van der Waals surface area contributed by atoms with Crippen molar-refractivity contribution in [2.75, 3.05) is 23.7 Å². The Kier molecular flexibility index (Phi) is 13.5. The van der Waals surface area contributed by atoms with Crippen LogP contribution >= 0.6 is 27.7 Å².